The number of hydrogen-bond acceptors (Lipinski definition) is 4. The fourth-order valence-corrected chi connectivity index (χ4v) is 0.769. The van der Waals surface area contributed by atoms with Gasteiger partial charge in [-0.05, 0) is 6.92 Å². The summed E-state index contributed by atoms with van der Waals surface area (Å²) in [5, 5.41) is -0.344. The first-order valence-electron chi connectivity index (χ1n) is 3.33. The molecule has 1 atom stereocenters. The van der Waals surface area contributed by atoms with Gasteiger partial charge in [-0.25, -0.2) is 9.78 Å². The first-order valence-corrected chi connectivity index (χ1v) is 3.76. The summed E-state index contributed by atoms with van der Waals surface area (Å²) >= 11 is 5.66. The van der Waals surface area contributed by atoms with E-state index in [0.717, 1.165) is 0 Å². The minimum atomic E-state index is -0.526. The molecular weight excluding hydrogens is 182 g/mol. The molecule has 0 bridgehead atoms. The Labute approximate surface area is 74.5 Å². The van der Waals surface area contributed by atoms with Gasteiger partial charge in [-0.2, -0.15) is 0 Å². The first kappa shape index (κ1) is 9.06. The van der Waals surface area contributed by atoms with Gasteiger partial charge in [0.15, 0.2) is 5.69 Å². The van der Waals surface area contributed by atoms with Crippen molar-refractivity contribution in [1.29, 1.82) is 0 Å². The maximum absolute atomic E-state index is 10.9. The maximum Gasteiger partial charge on any atom is 0.360 e. The molecule has 0 radical (unpaired) electrons. The lowest BCUT2D eigenvalue weighted by Gasteiger charge is -1.92. The van der Waals surface area contributed by atoms with Crippen LogP contribution in [-0.4, -0.2) is 18.1 Å². The van der Waals surface area contributed by atoms with Gasteiger partial charge in [-0.3, -0.25) is 0 Å². The van der Waals surface area contributed by atoms with Gasteiger partial charge in [0.1, 0.15) is 11.6 Å². The maximum atomic E-state index is 10.9. The molecule has 0 aromatic carbocycles. The van der Waals surface area contributed by atoms with Crippen LogP contribution in [0.2, 0.25) is 0 Å². The van der Waals surface area contributed by atoms with Gasteiger partial charge >= 0.3 is 5.97 Å². The molecule has 0 saturated heterocycles. The highest BCUT2D eigenvalue weighted by atomic mass is 35.5. The van der Waals surface area contributed by atoms with Crippen molar-refractivity contribution < 1.29 is 13.9 Å². The second kappa shape index (κ2) is 3.58. The quantitative estimate of drug-likeness (QED) is 0.526. The van der Waals surface area contributed by atoms with Crippen LogP contribution in [0.25, 0.3) is 0 Å². The van der Waals surface area contributed by atoms with Crippen LogP contribution in [0.1, 0.15) is 28.7 Å². The first-order chi connectivity index (χ1) is 5.65. The van der Waals surface area contributed by atoms with Gasteiger partial charge in [0, 0.05) is 0 Å². The number of carbonyl (C=O) groups excluding carboxylic acids is 1. The number of halogens is 1. The smallest absolute Gasteiger partial charge is 0.360 e. The van der Waals surface area contributed by atoms with E-state index in [-0.39, 0.29) is 11.1 Å². The summed E-state index contributed by atoms with van der Waals surface area (Å²) in [6, 6.07) is 0. The average Bonchev–Trinajstić information content (AvgIpc) is 2.51. The van der Waals surface area contributed by atoms with E-state index in [0.29, 0.717) is 5.89 Å². The van der Waals surface area contributed by atoms with Crippen LogP contribution in [0.15, 0.2) is 10.7 Å². The molecule has 0 saturated carbocycles. The molecule has 0 amide bonds. The van der Waals surface area contributed by atoms with Crippen molar-refractivity contribution in [2.75, 3.05) is 7.11 Å². The van der Waals surface area contributed by atoms with Crippen LogP contribution in [0.3, 0.4) is 0 Å². The summed E-state index contributed by atoms with van der Waals surface area (Å²) in [7, 11) is 1.28. The van der Waals surface area contributed by atoms with Gasteiger partial charge in [0.2, 0.25) is 5.89 Å². The normalized spacial score (nSPS) is 12.6. The molecule has 5 heteroatoms. The number of hydrogen-bond donors (Lipinski definition) is 0. The lowest BCUT2D eigenvalue weighted by molar-refractivity contribution is 0.0594. The van der Waals surface area contributed by atoms with Crippen molar-refractivity contribution in [2.45, 2.75) is 12.3 Å². The van der Waals surface area contributed by atoms with Crippen molar-refractivity contribution in [2.24, 2.45) is 0 Å². The van der Waals surface area contributed by atoms with Crippen molar-refractivity contribution in [3.05, 3.63) is 17.8 Å². The second-order valence-electron chi connectivity index (χ2n) is 2.18. The Morgan fingerprint density at radius 1 is 1.83 bits per heavy atom. The van der Waals surface area contributed by atoms with E-state index in [4.69, 9.17) is 16.0 Å². The molecule has 0 N–H and O–H groups in total. The Morgan fingerprint density at radius 2 is 2.50 bits per heavy atom. The highest BCUT2D eigenvalue weighted by Crippen LogP contribution is 2.18. The fraction of sp³-hybridized carbons (Fsp3) is 0.429. The molecule has 0 fully saturated rings. The van der Waals surface area contributed by atoms with E-state index in [1.54, 1.807) is 6.92 Å². The molecule has 4 nitrogen and oxygen atoms in total. The summed E-state index contributed by atoms with van der Waals surface area (Å²) in [6.07, 6.45) is 1.22. The molecule has 0 aliphatic rings. The van der Waals surface area contributed by atoms with Crippen LogP contribution in [0, 0.1) is 0 Å². The molecule has 1 aromatic heterocycles. The number of oxazole rings is 1. The molecule has 1 aromatic rings. The number of esters is 1. The van der Waals surface area contributed by atoms with Crippen LogP contribution < -0.4 is 0 Å². The minimum absolute atomic E-state index is 0.139. The van der Waals surface area contributed by atoms with Crippen LogP contribution >= 0.6 is 11.6 Å². The van der Waals surface area contributed by atoms with Gasteiger partial charge in [-0.15, -0.1) is 11.6 Å². The largest absolute Gasteiger partial charge is 0.464 e. The molecule has 0 aliphatic carbocycles. The molecule has 1 rings (SSSR count). The van der Waals surface area contributed by atoms with Crippen molar-refractivity contribution >= 4 is 17.6 Å². The highest BCUT2D eigenvalue weighted by Gasteiger charge is 2.14. The number of methoxy groups -OCH3 is 1. The minimum Gasteiger partial charge on any atom is -0.464 e. The van der Waals surface area contributed by atoms with E-state index in [9.17, 15) is 4.79 Å². The molecule has 0 spiro atoms. The Morgan fingerprint density at radius 3 is 2.92 bits per heavy atom. The lowest BCUT2D eigenvalue weighted by atomic mass is 10.4. The zero-order valence-corrected chi connectivity index (χ0v) is 7.46. The number of nitrogens with zero attached hydrogens (tertiary/aromatic N) is 1. The van der Waals surface area contributed by atoms with Gasteiger partial charge in [0.25, 0.3) is 0 Å². The van der Waals surface area contributed by atoms with Crippen LogP contribution in [-0.2, 0) is 4.74 Å². The van der Waals surface area contributed by atoms with E-state index in [2.05, 4.69) is 9.72 Å². The van der Waals surface area contributed by atoms with Gasteiger partial charge < -0.3 is 9.15 Å². The van der Waals surface area contributed by atoms with Gasteiger partial charge in [-0.1, -0.05) is 0 Å². The summed E-state index contributed by atoms with van der Waals surface area (Å²) in [5.74, 6) is -0.209. The van der Waals surface area contributed by atoms with E-state index >= 15 is 0 Å². The summed E-state index contributed by atoms with van der Waals surface area (Å²) in [4.78, 5) is 14.7. The Kier molecular flexibility index (Phi) is 2.70. The zero-order valence-electron chi connectivity index (χ0n) is 6.70. The van der Waals surface area contributed by atoms with E-state index in [1.165, 1.54) is 13.4 Å². The fourth-order valence-electron chi connectivity index (χ4n) is 0.669. The van der Waals surface area contributed by atoms with E-state index in [1.807, 2.05) is 0 Å². The van der Waals surface area contributed by atoms with Gasteiger partial charge in [0.05, 0.1) is 7.11 Å². The number of aromatic nitrogens is 1. The number of alkyl halides is 1. The third-order valence-electron chi connectivity index (χ3n) is 1.26. The van der Waals surface area contributed by atoms with Crippen LogP contribution in [0.5, 0.6) is 0 Å². The van der Waals surface area contributed by atoms with Crippen molar-refractivity contribution in [3.63, 3.8) is 0 Å². The Balaban J connectivity index is 2.84. The molecule has 0 unspecified atom stereocenters. The van der Waals surface area contributed by atoms with E-state index < -0.39 is 5.97 Å². The SMILES string of the molecule is COC(=O)c1coc([C@H](C)Cl)n1. The molecule has 0 aliphatic heterocycles. The molecule has 1 heterocycles. The average molecular weight is 190 g/mol. The predicted molar refractivity (Wildman–Crippen MR) is 42.1 cm³/mol. The number of ether oxygens (including phenoxy) is 1. The summed E-state index contributed by atoms with van der Waals surface area (Å²) in [6.45, 7) is 1.70. The zero-order chi connectivity index (χ0) is 9.14. The summed E-state index contributed by atoms with van der Waals surface area (Å²) in [5.41, 5.74) is 0.139. The predicted octanol–water partition coefficient (Wildman–Crippen LogP) is 1.76. The Bertz CT molecular complexity index is 282. The second-order valence-corrected chi connectivity index (χ2v) is 2.83. The molecular formula is C7H8ClNO3. The number of rotatable bonds is 2. The third kappa shape index (κ3) is 1.76. The summed E-state index contributed by atoms with van der Waals surface area (Å²) < 4.78 is 9.33. The lowest BCUT2D eigenvalue weighted by Crippen LogP contribution is -2.01. The Hall–Kier alpha value is -1.03. The monoisotopic (exact) mass is 189 g/mol. The topological polar surface area (TPSA) is 52.3 Å². The van der Waals surface area contributed by atoms with Crippen molar-refractivity contribution in [1.82, 2.24) is 4.98 Å². The third-order valence-corrected chi connectivity index (χ3v) is 1.44. The van der Waals surface area contributed by atoms with Crippen molar-refractivity contribution in [3.8, 4) is 0 Å². The van der Waals surface area contributed by atoms with Crippen LogP contribution in [0.4, 0.5) is 0 Å². The molecule has 66 valence electrons. The highest BCUT2D eigenvalue weighted by molar-refractivity contribution is 6.20. The standard InChI is InChI=1S/C7H8ClNO3/c1-4(8)6-9-5(3-12-6)7(10)11-2/h3-4H,1-2H3/t4-/m0/s1. The number of carbonyl (C=O) groups is 1. The molecule has 12 heavy (non-hydrogen) atoms.